The van der Waals surface area contributed by atoms with Crippen molar-refractivity contribution >= 4 is 20.8 Å². The molecule has 1 aliphatic rings. The van der Waals surface area contributed by atoms with Crippen molar-refractivity contribution in [2.45, 2.75) is 18.4 Å². The van der Waals surface area contributed by atoms with Gasteiger partial charge in [-0.1, -0.05) is 0 Å². The van der Waals surface area contributed by atoms with E-state index in [2.05, 4.69) is 0 Å². The summed E-state index contributed by atoms with van der Waals surface area (Å²) in [5, 5.41) is 9.07. The fourth-order valence-electron chi connectivity index (χ4n) is 2.07. The maximum atomic E-state index is 13.7. The lowest BCUT2D eigenvalue weighted by Crippen LogP contribution is -2.42. The zero-order valence-corrected chi connectivity index (χ0v) is 12.6. The van der Waals surface area contributed by atoms with Gasteiger partial charge in [0.05, 0.1) is 11.5 Å². The average molecular weight is 321 g/mol. The van der Waals surface area contributed by atoms with Gasteiger partial charge in [0, 0.05) is 41.0 Å². The van der Waals surface area contributed by atoms with E-state index in [0.717, 1.165) is 6.07 Å². The van der Waals surface area contributed by atoms with Crippen LogP contribution in [0.5, 0.6) is 0 Å². The molecule has 5 nitrogen and oxygen atoms in total. The van der Waals surface area contributed by atoms with Crippen LogP contribution in [0, 0.1) is 12.7 Å². The monoisotopic (exact) mass is 321 g/mol. The van der Waals surface area contributed by atoms with Gasteiger partial charge in [0.1, 0.15) is 5.82 Å². The summed E-state index contributed by atoms with van der Waals surface area (Å²) >= 11 is 0. The Bertz CT molecular complexity index is 635. The largest absolute Gasteiger partial charge is 0.392 e. The van der Waals surface area contributed by atoms with E-state index in [4.69, 9.17) is 5.11 Å². The first-order chi connectivity index (χ1) is 9.36. The van der Waals surface area contributed by atoms with Crippen molar-refractivity contribution in [2.75, 3.05) is 24.6 Å². The Morgan fingerprint density at radius 2 is 1.95 bits per heavy atom. The Balaban J connectivity index is 2.44. The van der Waals surface area contributed by atoms with E-state index in [1.54, 1.807) is 0 Å². The average Bonchev–Trinajstić information content (AvgIpc) is 2.42. The predicted molar refractivity (Wildman–Crippen MR) is 73.7 cm³/mol. The Labute approximate surface area is 119 Å². The second-order valence-electron chi connectivity index (χ2n) is 4.61. The van der Waals surface area contributed by atoms with Gasteiger partial charge in [0.2, 0.25) is 10.0 Å². The van der Waals surface area contributed by atoms with E-state index in [-0.39, 0.29) is 29.1 Å². The van der Waals surface area contributed by atoms with Gasteiger partial charge in [-0.15, -0.1) is 0 Å². The lowest BCUT2D eigenvalue weighted by Gasteiger charge is -2.26. The van der Waals surface area contributed by atoms with Crippen molar-refractivity contribution in [3.63, 3.8) is 0 Å². The minimum atomic E-state index is -3.82. The van der Waals surface area contributed by atoms with Crippen molar-refractivity contribution < 1.29 is 22.1 Å². The summed E-state index contributed by atoms with van der Waals surface area (Å²) in [5.41, 5.74) is 0.251. The zero-order valence-electron chi connectivity index (χ0n) is 11.0. The molecule has 1 aliphatic heterocycles. The van der Waals surface area contributed by atoms with Gasteiger partial charge in [0.25, 0.3) is 0 Å². The third-order valence-electron chi connectivity index (χ3n) is 3.29. The summed E-state index contributed by atoms with van der Waals surface area (Å²) in [6, 6.07) is 2.42. The number of aliphatic hydroxyl groups excluding tert-OH is 1. The Morgan fingerprint density at radius 1 is 1.35 bits per heavy atom. The fraction of sp³-hybridized carbons (Fsp3) is 0.500. The maximum absolute atomic E-state index is 13.7. The van der Waals surface area contributed by atoms with Crippen LogP contribution in [0.2, 0.25) is 0 Å². The highest BCUT2D eigenvalue weighted by atomic mass is 32.2. The number of nitrogens with zero attached hydrogens (tertiary/aromatic N) is 1. The first-order valence-corrected chi connectivity index (χ1v) is 9.04. The highest BCUT2D eigenvalue weighted by Crippen LogP contribution is 2.24. The molecular weight excluding hydrogens is 305 g/mol. The molecule has 1 heterocycles. The van der Waals surface area contributed by atoms with Crippen LogP contribution in [0.4, 0.5) is 4.39 Å². The highest BCUT2D eigenvalue weighted by Gasteiger charge is 2.30. The Kier molecular flexibility index (Phi) is 4.58. The number of sulfonamides is 1. The zero-order chi connectivity index (χ0) is 14.9. The summed E-state index contributed by atoms with van der Waals surface area (Å²) in [6.45, 7) is 1.30. The normalized spacial score (nSPS) is 18.4. The van der Waals surface area contributed by atoms with Gasteiger partial charge >= 0.3 is 0 Å². The molecule has 2 rings (SSSR count). The molecule has 0 saturated carbocycles. The van der Waals surface area contributed by atoms with Gasteiger partial charge in [-0.2, -0.15) is 4.31 Å². The third kappa shape index (κ3) is 2.93. The molecule has 1 fully saturated rings. The summed E-state index contributed by atoms with van der Waals surface area (Å²) in [7, 11) is -4.81. The molecule has 112 valence electrons. The lowest BCUT2D eigenvalue weighted by atomic mass is 10.1. The second kappa shape index (κ2) is 5.88. The van der Waals surface area contributed by atoms with Crippen LogP contribution in [0.1, 0.15) is 11.1 Å². The van der Waals surface area contributed by atoms with Gasteiger partial charge in [-0.3, -0.25) is 4.21 Å². The van der Waals surface area contributed by atoms with E-state index in [1.165, 1.54) is 17.3 Å². The van der Waals surface area contributed by atoms with Crippen LogP contribution < -0.4 is 0 Å². The molecule has 20 heavy (non-hydrogen) atoms. The van der Waals surface area contributed by atoms with Crippen molar-refractivity contribution in [2.24, 2.45) is 0 Å². The molecule has 0 aliphatic carbocycles. The van der Waals surface area contributed by atoms with Crippen molar-refractivity contribution in [1.29, 1.82) is 0 Å². The molecule has 0 aromatic heterocycles. The number of hydrogen-bond acceptors (Lipinski definition) is 4. The summed E-state index contributed by atoms with van der Waals surface area (Å²) in [4.78, 5) is -0.130. The molecular formula is C12H16FNO4S2. The standard InChI is InChI=1S/C12H16FNO4S2/c1-9-11(13)6-10(8-15)7-12(9)20(17,18)14-2-4-19(16)5-3-14/h6-7,15H,2-5,8H2,1H3. The number of aliphatic hydroxyl groups is 1. The summed E-state index contributed by atoms with van der Waals surface area (Å²) < 4.78 is 51.3. The molecule has 1 aromatic carbocycles. The molecule has 8 heteroatoms. The van der Waals surface area contributed by atoms with Crippen molar-refractivity contribution in [3.05, 3.63) is 29.1 Å². The van der Waals surface area contributed by atoms with Crippen LogP contribution in [-0.4, -0.2) is 46.6 Å². The maximum Gasteiger partial charge on any atom is 0.243 e. The minimum Gasteiger partial charge on any atom is -0.392 e. The fourth-order valence-corrected chi connectivity index (χ4v) is 5.08. The molecule has 0 radical (unpaired) electrons. The molecule has 1 aromatic rings. The number of halogens is 1. The molecule has 0 amide bonds. The van der Waals surface area contributed by atoms with Gasteiger partial charge < -0.3 is 5.11 Å². The highest BCUT2D eigenvalue weighted by molar-refractivity contribution is 7.89. The molecule has 0 bridgehead atoms. The van der Waals surface area contributed by atoms with Crippen molar-refractivity contribution in [3.8, 4) is 0 Å². The summed E-state index contributed by atoms with van der Waals surface area (Å²) in [6.07, 6.45) is 0. The molecule has 0 atom stereocenters. The van der Waals surface area contributed by atoms with E-state index >= 15 is 0 Å². The SMILES string of the molecule is Cc1c(F)cc(CO)cc1S(=O)(=O)N1CCS(=O)CC1. The molecule has 1 saturated heterocycles. The van der Waals surface area contributed by atoms with Gasteiger partial charge in [-0.05, 0) is 24.6 Å². The van der Waals surface area contributed by atoms with Crippen LogP contribution in [0.15, 0.2) is 17.0 Å². The quantitative estimate of drug-likeness (QED) is 0.873. The van der Waals surface area contributed by atoms with Crippen LogP contribution >= 0.6 is 0 Å². The smallest absolute Gasteiger partial charge is 0.243 e. The topological polar surface area (TPSA) is 74.7 Å². The van der Waals surface area contributed by atoms with Gasteiger partial charge in [0.15, 0.2) is 0 Å². The first kappa shape index (κ1) is 15.6. The van der Waals surface area contributed by atoms with Crippen LogP contribution in [0.25, 0.3) is 0 Å². The predicted octanol–water partition coefficient (Wildman–Crippen LogP) is 0.379. The van der Waals surface area contributed by atoms with Crippen LogP contribution in [-0.2, 0) is 27.4 Å². The molecule has 0 unspecified atom stereocenters. The van der Waals surface area contributed by atoms with E-state index < -0.39 is 33.2 Å². The number of benzene rings is 1. The Morgan fingerprint density at radius 3 is 2.50 bits per heavy atom. The molecule has 0 spiro atoms. The van der Waals surface area contributed by atoms with Crippen molar-refractivity contribution in [1.82, 2.24) is 4.31 Å². The van der Waals surface area contributed by atoms with E-state index in [1.807, 2.05) is 0 Å². The second-order valence-corrected chi connectivity index (χ2v) is 8.21. The first-order valence-electron chi connectivity index (χ1n) is 6.11. The Hall–Kier alpha value is -0.830. The number of hydrogen-bond donors (Lipinski definition) is 1. The third-order valence-corrected chi connectivity index (χ3v) is 6.59. The lowest BCUT2D eigenvalue weighted by molar-refractivity contribution is 0.280. The molecule has 1 N–H and O–H groups in total. The summed E-state index contributed by atoms with van der Waals surface area (Å²) in [5.74, 6) is -0.0725. The van der Waals surface area contributed by atoms with Gasteiger partial charge in [-0.25, -0.2) is 12.8 Å². The van der Waals surface area contributed by atoms with Crippen LogP contribution in [0.3, 0.4) is 0 Å². The van der Waals surface area contributed by atoms with E-state index in [9.17, 15) is 17.0 Å². The minimum absolute atomic E-state index is 0.0360. The number of rotatable bonds is 3. The van der Waals surface area contributed by atoms with E-state index in [0.29, 0.717) is 11.5 Å².